The van der Waals surface area contributed by atoms with E-state index in [9.17, 15) is 9.59 Å². The Hall–Kier alpha value is -1.89. The summed E-state index contributed by atoms with van der Waals surface area (Å²) in [5, 5.41) is 19.8. The van der Waals surface area contributed by atoms with Gasteiger partial charge in [-0.15, -0.1) is 0 Å². The largest absolute Gasteiger partial charge is 0.478 e. The minimum absolute atomic E-state index is 0.193. The first-order valence-corrected chi connectivity index (χ1v) is 8.92. The zero-order chi connectivity index (χ0) is 19.6. The maximum Gasteiger partial charge on any atom is 0.328 e. The predicted octanol–water partition coefficient (Wildman–Crippen LogP) is 3.30. The van der Waals surface area contributed by atoms with Crippen molar-refractivity contribution in [3.63, 3.8) is 0 Å². The highest BCUT2D eigenvalue weighted by Gasteiger charge is 2.37. The van der Waals surface area contributed by atoms with Gasteiger partial charge in [0.1, 0.15) is 0 Å². The molecule has 1 aromatic rings. The number of carboxylic acid groups (broad SMARTS) is 2. The van der Waals surface area contributed by atoms with Gasteiger partial charge in [-0.1, -0.05) is 23.7 Å². The summed E-state index contributed by atoms with van der Waals surface area (Å²) in [6, 6.07) is 8.10. The van der Waals surface area contributed by atoms with E-state index in [1.165, 1.54) is 18.4 Å². The number of halogens is 1. The third-order valence-corrected chi connectivity index (χ3v) is 4.60. The Bertz CT molecular complexity index is 595. The second-order valence-corrected chi connectivity index (χ2v) is 6.52. The maximum absolute atomic E-state index is 9.55. The lowest BCUT2D eigenvalue weighted by Gasteiger charge is -2.40. The fourth-order valence-corrected chi connectivity index (χ4v) is 3.16. The van der Waals surface area contributed by atoms with Crippen LogP contribution in [0.3, 0.4) is 0 Å². The summed E-state index contributed by atoms with van der Waals surface area (Å²) in [6.45, 7) is 7.19. The highest BCUT2D eigenvalue weighted by atomic mass is 35.5. The van der Waals surface area contributed by atoms with E-state index in [1.807, 2.05) is 12.1 Å². The molecule has 1 fully saturated rings. The molecule has 1 atom stereocenters. The lowest BCUT2D eigenvalue weighted by atomic mass is 9.77. The van der Waals surface area contributed by atoms with Gasteiger partial charge in [0.25, 0.3) is 0 Å². The molecule has 1 saturated heterocycles. The number of hydrogen-bond donors (Lipinski definition) is 3. The van der Waals surface area contributed by atoms with Crippen molar-refractivity contribution in [1.29, 1.82) is 0 Å². The Balaban J connectivity index is 0.000000359. The molecule has 7 heteroatoms. The molecule has 0 amide bonds. The second kappa shape index (κ2) is 11.0. The maximum atomic E-state index is 9.55. The van der Waals surface area contributed by atoms with Crippen LogP contribution in [0.5, 0.6) is 0 Å². The lowest BCUT2D eigenvalue weighted by molar-refractivity contribution is -0.134. The van der Waals surface area contributed by atoms with Crippen LogP contribution in [0.15, 0.2) is 36.4 Å². The first-order valence-electron chi connectivity index (χ1n) is 8.54. The molecule has 144 valence electrons. The van der Waals surface area contributed by atoms with Crippen LogP contribution in [0, 0.1) is 5.92 Å². The van der Waals surface area contributed by atoms with Gasteiger partial charge in [0, 0.05) is 23.8 Å². The normalized spacial score (nSPS) is 17.2. The smallest absolute Gasteiger partial charge is 0.328 e. The number of carbonyl (C=O) groups is 2. The highest BCUT2D eigenvalue weighted by Crippen LogP contribution is 2.38. The number of nitrogens with one attached hydrogen (secondary N) is 1. The molecule has 0 spiro atoms. The zero-order valence-corrected chi connectivity index (χ0v) is 15.8. The van der Waals surface area contributed by atoms with E-state index >= 15 is 0 Å². The Morgan fingerprint density at radius 1 is 1.19 bits per heavy atom. The van der Waals surface area contributed by atoms with Crippen molar-refractivity contribution in [2.75, 3.05) is 19.7 Å². The van der Waals surface area contributed by atoms with E-state index < -0.39 is 11.9 Å². The quantitative estimate of drug-likeness (QED) is 0.652. The van der Waals surface area contributed by atoms with E-state index in [4.69, 9.17) is 26.6 Å². The molecule has 0 radical (unpaired) electrons. The number of benzene rings is 1. The molecule has 1 aromatic carbocycles. The number of rotatable bonds is 6. The molecule has 1 heterocycles. The zero-order valence-electron chi connectivity index (χ0n) is 15.1. The van der Waals surface area contributed by atoms with E-state index in [1.54, 1.807) is 0 Å². The molecule has 6 nitrogen and oxygen atoms in total. The van der Waals surface area contributed by atoms with Gasteiger partial charge in [-0.05, 0) is 63.4 Å². The van der Waals surface area contributed by atoms with Crippen LogP contribution < -0.4 is 5.32 Å². The minimum Gasteiger partial charge on any atom is -0.478 e. The molecule has 1 aliphatic heterocycles. The summed E-state index contributed by atoms with van der Waals surface area (Å²) in [6.07, 6.45) is 3.45. The SMILES string of the molecule is CCOC(C)(c1ccc(Cl)cc1)C1CCNCC1.O=C(O)C=CC(=O)O. The first-order chi connectivity index (χ1) is 12.3. The monoisotopic (exact) mass is 383 g/mol. The molecule has 1 unspecified atom stereocenters. The van der Waals surface area contributed by atoms with Gasteiger partial charge in [-0.3, -0.25) is 0 Å². The van der Waals surface area contributed by atoms with Gasteiger partial charge >= 0.3 is 11.9 Å². The number of piperidine rings is 1. The second-order valence-electron chi connectivity index (χ2n) is 6.08. The number of aliphatic carboxylic acids is 2. The van der Waals surface area contributed by atoms with Crippen LogP contribution in [0.25, 0.3) is 0 Å². The predicted molar refractivity (Wildman–Crippen MR) is 100 cm³/mol. The van der Waals surface area contributed by atoms with Crippen LogP contribution in [0.4, 0.5) is 0 Å². The fourth-order valence-electron chi connectivity index (χ4n) is 3.03. The third kappa shape index (κ3) is 7.15. The van der Waals surface area contributed by atoms with E-state index in [0.29, 0.717) is 18.1 Å². The fraction of sp³-hybridized carbons (Fsp3) is 0.474. The average molecular weight is 384 g/mol. The van der Waals surface area contributed by atoms with Crippen molar-refractivity contribution in [3.8, 4) is 0 Å². The summed E-state index contributed by atoms with van der Waals surface area (Å²) in [7, 11) is 0. The van der Waals surface area contributed by atoms with Gasteiger partial charge in [0.15, 0.2) is 0 Å². The summed E-state index contributed by atoms with van der Waals surface area (Å²) in [5.74, 6) is -1.94. The molecule has 0 saturated carbocycles. The number of ether oxygens (including phenoxy) is 1. The molecular formula is C19H26ClNO5. The van der Waals surface area contributed by atoms with Crippen LogP contribution in [0.2, 0.25) is 5.02 Å². The Labute approximate surface area is 158 Å². The van der Waals surface area contributed by atoms with Gasteiger partial charge in [0.2, 0.25) is 0 Å². The molecule has 3 N–H and O–H groups in total. The van der Waals surface area contributed by atoms with Crippen LogP contribution >= 0.6 is 11.6 Å². The van der Waals surface area contributed by atoms with Crippen LogP contribution in [-0.2, 0) is 19.9 Å². The Morgan fingerprint density at radius 3 is 2.12 bits per heavy atom. The van der Waals surface area contributed by atoms with Gasteiger partial charge in [-0.25, -0.2) is 9.59 Å². The van der Waals surface area contributed by atoms with E-state index in [2.05, 4.69) is 31.3 Å². The number of hydrogen-bond acceptors (Lipinski definition) is 4. The van der Waals surface area contributed by atoms with Crippen molar-refractivity contribution in [3.05, 3.63) is 47.0 Å². The van der Waals surface area contributed by atoms with Gasteiger partial charge < -0.3 is 20.3 Å². The third-order valence-electron chi connectivity index (χ3n) is 4.35. The van der Waals surface area contributed by atoms with Crippen molar-refractivity contribution in [1.82, 2.24) is 5.32 Å². The molecule has 1 aliphatic rings. The molecule has 0 aromatic heterocycles. The topological polar surface area (TPSA) is 95.9 Å². The Kier molecular flexibility index (Phi) is 9.34. The summed E-state index contributed by atoms with van der Waals surface area (Å²) >= 11 is 5.97. The van der Waals surface area contributed by atoms with Gasteiger partial charge in [-0.2, -0.15) is 0 Å². The summed E-state index contributed by atoms with van der Waals surface area (Å²) in [5.41, 5.74) is 1.04. The minimum atomic E-state index is -1.26. The van der Waals surface area contributed by atoms with Crippen molar-refractivity contribution in [2.45, 2.75) is 32.3 Å². The summed E-state index contributed by atoms with van der Waals surface area (Å²) in [4.78, 5) is 19.1. The molecular weight excluding hydrogens is 358 g/mol. The van der Waals surface area contributed by atoms with Gasteiger partial charge in [0.05, 0.1) is 5.60 Å². The lowest BCUT2D eigenvalue weighted by Crippen LogP contribution is -2.41. The standard InChI is InChI=1S/C15H22ClNO.C4H4O4/c1-3-18-15(2,13-8-10-17-11-9-13)12-4-6-14(16)7-5-12;5-3(6)1-2-4(7)8/h4-7,13,17H,3,8-11H2,1-2H3;1-2H,(H,5,6)(H,7,8). The van der Waals surface area contributed by atoms with Crippen LogP contribution in [-0.4, -0.2) is 41.8 Å². The molecule has 2 rings (SSSR count). The molecule has 0 bridgehead atoms. The van der Waals surface area contributed by atoms with Crippen LogP contribution in [0.1, 0.15) is 32.3 Å². The van der Waals surface area contributed by atoms with Crippen molar-refractivity contribution < 1.29 is 24.5 Å². The molecule has 26 heavy (non-hydrogen) atoms. The molecule has 0 aliphatic carbocycles. The van der Waals surface area contributed by atoms with Crippen molar-refractivity contribution in [2.24, 2.45) is 5.92 Å². The average Bonchev–Trinajstić information content (AvgIpc) is 2.62. The highest BCUT2D eigenvalue weighted by molar-refractivity contribution is 6.30. The first kappa shape index (κ1) is 22.2. The van der Waals surface area contributed by atoms with E-state index in [0.717, 1.165) is 24.7 Å². The Morgan fingerprint density at radius 2 is 1.69 bits per heavy atom. The van der Waals surface area contributed by atoms with Crippen molar-refractivity contribution >= 4 is 23.5 Å². The van der Waals surface area contributed by atoms with E-state index in [-0.39, 0.29) is 5.60 Å². The summed E-state index contributed by atoms with van der Waals surface area (Å²) < 4.78 is 6.12. The number of carboxylic acids is 2.